The fourth-order valence-electron chi connectivity index (χ4n) is 2.44. The third-order valence-corrected chi connectivity index (χ3v) is 5.09. The standard InChI is InChI=1S/C19H18BrFN4OS/c1-2-5-17(26)22-15-6-3-4-7-16(15)27-19-23-18(20)24-25(19)12-13-8-10-14(21)11-9-13/h3-4,6-11H,2,5,12H2,1H3,(H,22,26). The van der Waals surface area contributed by atoms with Gasteiger partial charge in [-0.2, -0.15) is 4.98 Å². The second-order valence-electron chi connectivity index (χ2n) is 5.84. The Bertz CT molecular complexity index is 930. The molecule has 0 aliphatic carbocycles. The lowest BCUT2D eigenvalue weighted by molar-refractivity contribution is -0.116. The number of carbonyl (C=O) groups is 1. The van der Waals surface area contributed by atoms with E-state index in [1.807, 2.05) is 31.2 Å². The molecule has 5 nitrogen and oxygen atoms in total. The summed E-state index contributed by atoms with van der Waals surface area (Å²) in [7, 11) is 0. The minimum absolute atomic E-state index is 0.0143. The van der Waals surface area contributed by atoms with Crippen LogP contribution in [0.4, 0.5) is 10.1 Å². The van der Waals surface area contributed by atoms with Crippen LogP contribution in [0.25, 0.3) is 0 Å². The van der Waals surface area contributed by atoms with Gasteiger partial charge in [-0.05, 0) is 63.9 Å². The summed E-state index contributed by atoms with van der Waals surface area (Å²) in [6.07, 6.45) is 1.27. The molecule has 0 saturated carbocycles. The van der Waals surface area contributed by atoms with Crippen LogP contribution in [0, 0.1) is 5.82 Å². The number of para-hydroxylation sites is 1. The lowest BCUT2D eigenvalue weighted by Gasteiger charge is -2.11. The van der Waals surface area contributed by atoms with Gasteiger partial charge >= 0.3 is 0 Å². The largest absolute Gasteiger partial charge is 0.325 e. The van der Waals surface area contributed by atoms with E-state index in [1.54, 1.807) is 16.8 Å². The molecule has 0 aliphatic heterocycles. The Hall–Kier alpha value is -2.19. The molecule has 3 rings (SSSR count). The first kappa shape index (κ1) is 19.6. The maximum atomic E-state index is 13.1. The summed E-state index contributed by atoms with van der Waals surface area (Å²) in [5, 5.41) is 7.98. The molecule has 0 bridgehead atoms. The highest BCUT2D eigenvalue weighted by Crippen LogP contribution is 2.33. The van der Waals surface area contributed by atoms with Crippen molar-refractivity contribution in [1.29, 1.82) is 0 Å². The maximum Gasteiger partial charge on any atom is 0.224 e. The molecule has 1 aromatic heterocycles. The Balaban J connectivity index is 1.82. The van der Waals surface area contributed by atoms with Crippen LogP contribution in [-0.2, 0) is 11.3 Å². The van der Waals surface area contributed by atoms with Crippen molar-refractivity contribution in [3.05, 3.63) is 64.6 Å². The molecule has 1 N–H and O–H groups in total. The van der Waals surface area contributed by atoms with E-state index in [2.05, 4.69) is 31.3 Å². The van der Waals surface area contributed by atoms with Crippen LogP contribution in [0.5, 0.6) is 0 Å². The van der Waals surface area contributed by atoms with Crippen LogP contribution in [0.3, 0.4) is 0 Å². The Morgan fingerprint density at radius 3 is 2.70 bits per heavy atom. The van der Waals surface area contributed by atoms with Gasteiger partial charge in [0.1, 0.15) is 5.82 Å². The van der Waals surface area contributed by atoms with Crippen molar-refractivity contribution in [1.82, 2.24) is 14.8 Å². The van der Waals surface area contributed by atoms with Crippen molar-refractivity contribution in [3.63, 3.8) is 0 Å². The molecule has 0 spiro atoms. The predicted molar refractivity (Wildman–Crippen MR) is 107 cm³/mol. The maximum absolute atomic E-state index is 13.1. The highest BCUT2D eigenvalue weighted by molar-refractivity contribution is 9.10. The number of anilines is 1. The normalized spacial score (nSPS) is 10.8. The van der Waals surface area contributed by atoms with Gasteiger partial charge in [-0.15, -0.1) is 5.10 Å². The zero-order valence-corrected chi connectivity index (χ0v) is 17.1. The third-order valence-electron chi connectivity index (χ3n) is 3.70. The van der Waals surface area contributed by atoms with E-state index >= 15 is 0 Å². The second kappa shape index (κ2) is 9.14. The van der Waals surface area contributed by atoms with Gasteiger partial charge in [0.25, 0.3) is 0 Å². The number of rotatable bonds is 7. The molecular weight excluding hydrogens is 431 g/mol. The minimum atomic E-state index is -0.273. The SMILES string of the molecule is CCCC(=O)Nc1ccccc1Sc1nc(Br)nn1Cc1ccc(F)cc1. The van der Waals surface area contributed by atoms with E-state index in [0.29, 0.717) is 22.9 Å². The van der Waals surface area contributed by atoms with Gasteiger partial charge in [-0.1, -0.05) is 31.2 Å². The quantitative estimate of drug-likeness (QED) is 0.544. The van der Waals surface area contributed by atoms with Gasteiger partial charge in [0.15, 0.2) is 5.16 Å². The average molecular weight is 449 g/mol. The van der Waals surface area contributed by atoms with Crippen LogP contribution >= 0.6 is 27.7 Å². The van der Waals surface area contributed by atoms with Crippen molar-refractivity contribution in [2.45, 2.75) is 36.4 Å². The average Bonchev–Trinajstić information content (AvgIpc) is 2.98. The van der Waals surface area contributed by atoms with Crippen LogP contribution in [0.2, 0.25) is 0 Å². The Labute approximate surface area is 169 Å². The molecule has 0 radical (unpaired) electrons. The summed E-state index contributed by atoms with van der Waals surface area (Å²) in [6.45, 7) is 2.43. The Morgan fingerprint density at radius 1 is 1.22 bits per heavy atom. The number of carbonyl (C=O) groups excluding carboxylic acids is 1. The van der Waals surface area contributed by atoms with Crippen molar-refractivity contribution < 1.29 is 9.18 Å². The summed E-state index contributed by atoms with van der Waals surface area (Å²) in [5.74, 6) is -0.288. The second-order valence-corrected chi connectivity index (χ2v) is 7.56. The number of halogens is 2. The van der Waals surface area contributed by atoms with Crippen LogP contribution < -0.4 is 5.32 Å². The van der Waals surface area contributed by atoms with E-state index in [0.717, 1.165) is 22.6 Å². The summed E-state index contributed by atoms with van der Waals surface area (Å²) in [5.41, 5.74) is 1.66. The van der Waals surface area contributed by atoms with E-state index in [4.69, 9.17) is 0 Å². The molecule has 2 aromatic carbocycles. The van der Waals surface area contributed by atoms with Crippen molar-refractivity contribution >= 4 is 39.3 Å². The fraction of sp³-hybridized carbons (Fsp3) is 0.211. The van der Waals surface area contributed by atoms with E-state index in [1.165, 1.54) is 23.9 Å². The summed E-state index contributed by atoms with van der Waals surface area (Å²) in [4.78, 5) is 17.3. The Kier molecular flexibility index (Phi) is 6.63. The fourth-order valence-corrected chi connectivity index (χ4v) is 3.83. The predicted octanol–water partition coefficient (Wildman–Crippen LogP) is 5.12. The van der Waals surface area contributed by atoms with Gasteiger partial charge < -0.3 is 5.32 Å². The number of hydrogen-bond acceptors (Lipinski definition) is 4. The molecule has 1 amide bonds. The number of hydrogen-bond donors (Lipinski definition) is 1. The van der Waals surface area contributed by atoms with E-state index in [9.17, 15) is 9.18 Å². The zero-order valence-electron chi connectivity index (χ0n) is 14.7. The van der Waals surface area contributed by atoms with Crippen LogP contribution in [-0.4, -0.2) is 20.7 Å². The van der Waals surface area contributed by atoms with Gasteiger partial charge in [-0.25, -0.2) is 9.07 Å². The van der Waals surface area contributed by atoms with Crippen molar-refractivity contribution in [2.75, 3.05) is 5.32 Å². The number of aromatic nitrogens is 3. The molecule has 0 saturated heterocycles. The van der Waals surface area contributed by atoms with E-state index in [-0.39, 0.29) is 11.7 Å². The first-order valence-corrected chi connectivity index (χ1v) is 10.1. The number of amides is 1. The Morgan fingerprint density at radius 2 is 1.96 bits per heavy atom. The minimum Gasteiger partial charge on any atom is -0.325 e. The molecule has 1 heterocycles. The van der Waals surface area contributed by atoms with Gasteiger partial charge in [0.05, 0.1) is 12.2 Å². The first-order valence-electron chi connectivity index (χ1n) is 8.46. The van der Waals surface area contributed by atoms with Crippen LogP contribution in [0.1, 0.15) is 25.3 Å². The summed E-state index contributed by atoms with van der Waals surface area (Å²) in [6, 6.07) is 13.9. The summed E-state index contributed by atoms with van der Waals surface area (Å²) >= 11 is 4.73. The van der Waals surface area contributed by atoms with Crippen molar-refractivity contribution in [2.24, 2.45) is 0 Å². The van der Waals surface area contributed by atoms with Gasteiger partial charge in [-0.3, -0.25) is 4.79 Å². The lowest BCUT2D eigenvalue weighted by Crippen LogP contribution is -2.11. The molecule has 0 unspecified atom stereocenters. The number of nitrogens with one attached hydrogen (secondary N) is 1. The number of nitrogens with zero attached hydrogens (tertiary/aromatic N) is 3. The number of benzene rings is 2. The van der Waals surface area contributed by atoms with E-state index < -0.39 is 0 Å². The topological polar surface area (TPSA) is 59.8 Å². The monoisotopic (exact) mass is 448 g/mol. The van der Waals surface area contributed by atoms with Crippen molar-refractivity contribution in [3.8, 4) is 0 Å². The third kappa shape index (κ3) is 5.40. The molecule has 8 heteroatoms. The molecule has 0 fully saturated rings. The van der Waals surface area contributed by atoms with Gasteiger partial charge in [0.2, 0.25) is 10.6 Å². The molecule has 3 aromatic rings. The molecule has 27 heavy (non-hydrogen) atoms. The molecule has 140 valence electrons. The zero-order chi connectivity index (χ0) is 19.2. The molecule has 0 atom stereocenters. The summed E-state index contributed by atoms with van der Waals surface area (Å²) < 4.78 is 15.3. The smallest absolute Gasteiger partial charge is 0.224 e. The molecule has 0 aliphatic rings. The molecular formula is C19H18BrFN4OS. The highest BCUT2D eigenvalue weighted by atomic mass is 79.9. The van der Waals surface area contributed by atoms with Gasteiger partial charge in [0, 0.05) is 11.3 Å². The first-order chi connectivity index (χ1) is 13.0. The lowest BCUT2D eigenvalue weighted by atomic mass is 10.2. The van der Waals surface area contributed by atoms with Crippen LogP contribution in [0.15, 0.2) is 63.3 Å². The highest BCUT2D eigenvalue weighted by Gasteiger charge is 2.14.